The van der Waals surface area contributed by atoms with Crippen LogP contribution in [0.25, 0.3) is 0 Å². The fourth-order valence-corrected chi connectivity index (χ4v) is 2.55. The summed E-state index contributed by atoms with van der Waals surface area (Å²) in [5.41, 5.74) is 6.53. The van der Waals surface area contributed by atoms with Crippen molar-refractivity contribution in [2.24, 2.45) is 11.7 Å². The van der Waals surface area contributed by atoms with E-state index in [0.29, 0.717) is 17.5 Å². The highest BCUT2D eigenvalue weighted by molar-refractivity contribution is 5.79. The van der Waals surface area contributed by atoms with Gasteiger partial charge in [0.1, 0.15) is 5.75 Å². The van der Waals surface area contributed by atoms with Crippen molar-refractivity contribution in [2.45, 2.75) is 38.1 Å². The van der Waals surface area contributed by atoms with E-state index in [2.05, 4.69) is 5.32 Å². The number of hydrogen-bond donors (Lipinski definition) is 3. The van der Waals surface area contributed by atoms with Gasteiger partial charge in [-0.05, 0) is 37.7 Å². The lowest BCUT2D eigenvalue weighted by Crippen LogP contribution is -2.34. The van der Waals surface area contributed by atoms with E-state index in [9.17, 15) is 9.90 Å². The first-order valence-electron chi connectivity index (χ1n) is 6.94. The standard InChI is InChI=1S/C15H22N2O2/c16-13-7-5-11(6-8-13)10-17-15(19)9-12-3-1-2-4-14(12)18/h1-4,11,13,18H,5-10,16H2,(H,17,19). The molecule has 0 unspecified atom stereocenters. The summed E-state index contributed by atoms with van der Waals surface area (Å²) in [6.45, 7) is 0.721. The second-order valence-corrected chi connectivity index (χ2v) is 5.39. The van der Waals surface area contributed by atoms with Crippen molar-refractivity contribution in [1.29, 1.82) is 0 Å². The molecule has 1 aromatic carbocycles. The lowest BCUT2D eigenvalue weighted by Gasteiger charge is -2.26. The number of para-hydroxylation sites is 1. The Morgan fingerprint density at radius 2 is 1.95 bits per heavy atom. The fraction of sp³-hybridized carbons (Fsp3) is 0.533. The van der Waals surface area contributed by atoms with Crippen LogP contribution in [0.15, 0.2) is 24.3 Å². The molecule has 0 atom stereocenters. The Balaban J connectivity index is 1.74. The number of rotatable bonds is 4. The minimum Gasteiger partial charge on any atom is -0.508 e. The molecule has 0 spiro atoms. The van der Waals surface area contributed by atoms with E-state index in [0.717, 1.165) is 32.2 Å². The number of aromatic hydroxyl groups is 1. The van der Waals surface area contributed by atoms with E-state index >= 15 is 0 Å². The molecule has 4 N–H and O–H groups in total. The molecule has 0 heterocycles. The number of benzene rings is 1. The first-order chi connectivity index (χ1) is 9.15. The number of amides is 1. The number of carbonyl (C=O) groups excluding carboxylic acids is 1. The fourth-order valence-electron chi connectivity index (χ4n) is 2.55. The number of phenols is 1. The Morgan fingerprint density at radius 1 is 1.26 bits per heavy atom. The Bertz CT molecular complexity index is 426. The summed E-state index contributed by atoms with van der Waals surface area (Å²) < 4.78 is 0. The van der Waals surface area contributed by atoms with Crippen LogP contribution in [0.1, 0.15) is 31.2 Å². The van der Waals surface area contributed by atoms with Crippen molar-refractivity contribution in [3.05, 3.63) is 29.8 Å². The molecule has 1 aromatic rings. The minimum atomic E-state index is -0.0311. The summed E-state index contributed by atoms with van der Waals surface area (Å²) >= 11 is 0. The smallest absolute Gasteiger partial charge is 0.224 e. The second kappa shape index (κ2) is 6.57. The molecule has 0 radical (unpaired) electrons. The third kappa shape index (κ3) is 4.24. The van der Waals surface area contributed by atoms with Gasteiger partial charge in [0.05, 0.1) is 6.42 Å². The first kappa shape index (κ1) is 13.9. The van der Waals surface area contributed by atoms with Crippen molar-refractivity contribution >= 4 is 5.91 Å². The lowest BCUT2D eigenvalue weighted by atomic mass is 9.86. The topological polar surface area (TPSA) is 75.3 Å². The third-order valence-electron chi connectivity index (χ3n) is 3.82. The molecule has 4 nitrogen and oxygen atoms in total. The maximum absolute atomic E-state index is 11.8. The number of carbonyl (C=O) groups is 1. The van der Waals surface area contributed by atoms with Gasteiger partial charge in [-0.3, -0.25) is 4.79 Å². The summed E-state index contributed by atoms with van der Waals surface area (Å²) in [6, 6.07) is 7.29. The lowest BCUT2D eigenvalue weighted by molar-refractivity contribution is -0.120. The van der Waals surface area contributed by atoms with E-state index in [1.54, 1.807) is 18.2 Å². The molecule has 1 aliphatic carbocycles. The summed E-state index contributed by atoms with van der Waals surface area (Å²) in [7, 11) is 0. The number of hydrogen-bond acceptors (Lipinski definition) is 3. The quantitative estimate of drug-likeness (QED) is 0.771. The van der Waals surface area contributed by atoms with Crippen LogP contribution in [0.2, 0.25) is 0 Å². The molecule has 4 heteroatoms. The van der Waals surface area contributed by atoms with Gasteiger partial charge in [-0.2, -0.15) is 0 Å². The maximum Gasteiger partial charge on any atom is 0.224 e. The number of phenolic OH excluding ortho intramolecular Hbond substituents is 1. The van der Waals surface area contributed by atoms with Crippen molar-refractivity contribution < 1.29 is 9.90 Å². The zero-order valence-electron chi connectivity index (χ0n) is 11.1. The van der Waals surface area contributed by atoms with Gasteiger partial charge < -0.3 is 16.2 Å². The van der Waals surface area contributed by atoms with E-state index in [1.165, 1.54) is 0 Å². The highest BCUT2D eigenvalue weighted by Gasteiger charge is 2.19. The molecule has 1 saturated carbocycles. The summed E-state index contributed by atoms with van der Waals surface area (Å²) in [5.74, 6) is 0.700. The summed E-state index contributed by atoms with van der Waals surface area (Å²) in [4.78, 5) is 11.8. The third-order valence-corrected chi connectivity index (χ3v) is 3.82. The van der Waals surface area contributed by atoms with Crippen LogP contribution in [-0.2, 0) is 11.2 Å². The van der Waals surface area contributed by atoms with Gasteiger partial charge >= 0.3 is 0 Å². The highest BCUT2D eigenvalue weighted by atomic mass is 16.3. The molecule has 0 bridgehead atoms. The molecule has 19 heavy (non-hydrogen) atoms. The largest absolute Gasteiger partial charge is 0.508 e. The molecule has 104 valence electrons. The van der Waals surface area contributed by atoms with Gasteiger partial charge in [0.15, 0.2) is 0 Å². The van der Waals surface area contributed by atoms with Crippen LogP contribution in [-0.4, -0.2) is 23.6 Å². The monoisotopic (exact) mass is 262 g/mol. The van der Waals surface area contributed by atoms with Gasteiger partial charge in [-0.1, -0.05) is 18.2 Å². The van der Waals surface area contributed by atoms with Crippen LogP contribution in [0.4, 0.5) is 0 Å². The van der Waals surface area contributed by atoms with Crippen molar-refractivity contribution in [3.8, 4) is 5.75 Å². The average molecular weight is 262 g/mol. The van der Waals surface area contributed by atoms with Gasteiger partial charge in [0.2, 0.25) is 5.91 Å². The maximum atomic E-state index is 11.8. The van der Waals surface area contributed by atoms with E-state index in [-0.39, 0.29) is 18.1 Å². The van der Waals surface area contributed by atoms with E-state index in [1.807, 2.05) is 6.07 Å². The Kier molecular flexibility index (Phi) is 4.80. The number of nitrogens with one attached hydrogen (secondary N) is 1. The SMILES string of the molecule is NC1CCC(CNC(=O)Cc2ccccc2O)CC1. The van der Waals surface area contributed by atoms with Gasteiger partial charge in [0.25, 0.3) is 0 Å². The van der Waals surface area contributed by atoms with Gasteiger partial charge in [-0.25, -0.2) is 0 Å². The minimum absolute atomic E-state index is 0.0311. The van der Waals surface area contributed by atoms with Gasteiger partial charge in [0, 0.05) is 18.2 Å². The average Bonchev–Trinajstić information content (AvgIpc) is 2.41. The van der Waals surface area contributed by atoms with Crippen LogP contribution in [0.5, 0.6) is 5.75 Å². The predicted octanol–water partition coefficient (Wildman–Crippen LogP) is 1.57. The van der Waals surface area contributed by atoms with Crippen molar-refractivity contribution in [3.63, 3.8) is 0 Å². The van der Waals surface area contributed by atoms with Crippen LogP contribution in [0, 0.1) is 5.92 Å². The molecular formula is C15H22N2O2. The predicted molar refractivity (Wildman–Crippen MR) is 74.8 cm³/mol. The molecule has 1 aliphatic rings. The van der Waals surface area contributed by atoms with Crippen molar-refractivity contribution in [2.75, 3.05) is 6.54 Å². The molecule has 2 rings (SSSR count). The normalized spacial score (nSPS) is 23.0. The van der Waals surface area contributed by atoms with E-state index < -0.39 is 0 Å². The molecule has 0 aliphatic heterocycles. The molecule has 1 fully saturated rings. The first-order valence-corrected chi connectivity index (χ1v) is 6.94. The number of nitrogens with two attached hydrogens (primary N) is 1. The van der Waals surface area contributed by atoms with Crippen LogP contribution >= 0.6 is 0 Å². The molecular weight excluding hydrogens is 240 g/mol. The van der Waals surface area contributed by atoms with Crippen molar-refractivity contribution in [1.82, 2.24) is 5.32 Å². The zero-order chi connectivity index (χ0) is 13.7. The summed E-state index contributed by atoms with van der Waals surface area (Å²) in [5, 5.41) is 12.6. The zero-order valence-corrected chi connectivity index (χ0v) is 11.1. The second-order valence-electron chi connectivity index (χ2n) is 5.39. The van der Waals surface area contributed by atoms with E-state index in [4.69, 9.17) is 5.73 Å². The Hall–Kier alpha value is -1.55. The van der Waals surface area contributed by atoms with Crippen LogP contribution < -0.4 is 11.1 Å². The highest BCUT2D eigenvalue weighted by Crippen LogP contribution is 2.22. The Morgan fingerprint density at radius 3 is 2.63 bits per heavy atom. The van der Waals surface area contributed by atoms with Gasteiger partial charge in [-0.15, -0.1) is 0 Å². The molecule has 1 amide bonds. The Labute approximate surface area is 114 Å². The molecule has 0 aromatic heterocycles. The molecule has 0 saturated heterocycles. The summed E-state index contributed by atoms with van der Waals surface area (Å²) in [6.07, 6.45) is 4.54. The van der Waals surface area contributed by atoms with Crippen LogP contribution in [0.3, 0.4) is 0 Å².